The summed E-state index contributed by atoms with van der Waals surface area (Å²) in [6, 6.07) is 7.87. The molecule has 0 saturated carbocycles. The fourth-order valence-corrected chi connectivity index (χ4v) is 3.34. The average molecular weight is 377 g/mol. The van der Waals surface area contributed by atoms with E-state index >= 15 is 0 Å². The summed E-state index contributed by atoms with van der Waals surface area (Å²) in [5.41, 5.74) is 9.56. The van der Waals surface area contributed by atoms with Crippen molar-refractivity contribution in [3.63, 3.8) is 0 Å². The van der Waals surface area contributed by atoms with Crippen LogP contribution in [0.3, 0.4) is 0 Å². The monoisotopic (exact) mass is 377 g/mol. The highest BCUT2D eigenvalue weighted by atomic mass is 16.1. The highest BCUT2D eigenvalue weighted by molar-refractivity contribution is 6.08. The van der Waals surface area contributed by atoms with Gasteiger partial charge in [-0.3, -0.25) is 14.6 Å². The van der Waals surface area contributed by atoms with E-state index in [1.165, 1.54) is 0 Å². The van der Waals surface area contributed by atoms with Gasteiger partial charge in [-0.05, 0) is 39.0 Å². The molecule has 0 saturated heterocycles. The normalized spacial score (nSPS) is 12.7. The Morgan fingerprint density at radius 2 is 2.07 bits per heavy atom. The number of nitrogen functional groups attached to an aromatic ring is 1. The predicted molar refractivity (Wildman–Crippen MR) is 110 cm³/mol. The van der Waals surface area contributed by atoms with Gasteiger partial charge in [-0.1, -0.05) is 6.07 Å². The number of aromatic nitrogens is 5. The number of H-pyrrole nitrogens is 1. The second-order valence-corrected chi connectivity index (χ2v) is 7.34. The van der Waals surface area contributed by atoms with E-state index in [1.54, 1.807) is 10.9 Å². The Kier molecular flexibility index (Phi) is 4.46. The summed E-state index contributed by atoms with van der Waals surface area (Å²) in [6.07, 6.45) is 4.00. The Bertz CT molecular complexity index is 1140. The van der Waals surface area contributed by atoms with Crippen LogP contribution in [0.15, 0.2) is 36.7 Å². The number of benzene rings is 1. The number of fused-ring (bicyclic) bond motifs is 3. The third-order valence-electron chi connectivity index (χ3n) is 4.68. The van der Waals surface area contributed by atoms with Crippen LogP contribution in [0, 0.1) is 0 Å². The molecule has 0 bridgehead atoms. The first-order chi connectivity index (χ1) is 13.4. The number of nitrogens with zero attached hydrogens (tertiary/aromatic N) is 4. The molecule has 4 aromatic rings. The van der Waals surface area contributed by atoms with Gasteiger partial charge in [0.1, 0.15) is 11.3 Å². The molecule has 0 radical (unpaired) electrons. The number of carbonyl (C=O) groups excluding carboxylic acids is 1. The van der Waals surface area contributed by atoms with E-state index in [2.05, 4.69) is 20.5 Å². The zero-order valence-corrected chi connectivity index (χ0v) is 16.1. The number of hydrogen-bond acceptors (Lipinski definition) is 5. The summed E-state index contributed by atoms with van der Waals surface area (Å²) < 4.78 is 1.80. The van der Waals surface area contributed by atoms with Crippen LogP contribution in [0.5, 0.6) is 0 Å². The maximum absolute atomic E-state index is 12.1. The molecule has 0 aliphatic heterocycles. The van der Waals surface area contributed by atoms with Gasteiger partial charge in [-0.15, -0.1) is 0 Å². The molecule has 3 aromatic heterocycles. The van der Waals surface area contributed by atoms with E-state index in [0.29, 0.717) is 12.2 Å². The summed E-state index contributed by atoms with van der Waals surface area (Å²) >= 11 is 0. The van der Waals surface area contributed by atoms with E-state index in [4.69, 9.17) is 10.8 Å². The quantitative estimate of drug-likeness (QED) is 0.494. The van der Waals surface area contributed by atoms with Crippen LogP contribution < -0.4 is 11.1 Å². The van der Waals surface area contributed by atoms with Gasteiger partial charge in [0.15, 0.2) is 0 Å². The van der Waals surface area contributed by atoms with E-state index in [-0.39, 0.29) is 18.0 Å². The maximum atomic E-state index is 12.1. The van der Waals surface area contributed by atoms with Gasteiger partial charge < -0.3 is 11.1 Å². The standard InChI is InChI=1S/C20H23N7O/c1-11(2)23-18(28)8-12(3)27-10-15-19(26-27)14-5-4-13(16-6-7-22-25-16)9-17(14)24-20(15)21/h4-7,9-12H,8H2,1-3H3,(H2,21,24)(H,22,25)(H,23,28). The third kappa shape index (κ3) is 3.28. The molecule has 0 spiro atoms. The molecule has 3 heterocycles. The number of carbonyl (C=O) groups is 1. The van der Waals surface area contributed by atoms with Crippen molar-refractivity contribution in [1.29, 1.82) is 0 Å². The van der Waals surface area contributed by atoms with Crippen molar-refractivity contribution in [3.8, 4) is 11.3 Å². The Hall–Kier alpha value is -3.42. The van der Waals surface area contributed by atoms with E-state index in [9.17, 15) is 4.79 Å². The van der Waals surface area contributed by atoms with E-state index in [0.717, 1.165) is 33.1 Å². The van der Waals surface area contributed by atoms with Gasteiger partial charge in [0.25, 0.3) is 0 Å². The topological polar surface area (TPSA) is 115 Å². The number of aromatic amines is 1. The lowest BCUT2D eigenvalue weighted by Gasteiger charge is -2.13. The van der Waals surface area contributed by atoms with Crippen molar-refractivity contribution in [2.24, 2.45) is 0 Å². The Labute approximate surface area is 162 Å². The highest BCUT2D eigenvalue weighted by Crippen LogP contribution is 2.30. The lowest BCUT2D eigenvalue weighted by atomic mass is 10.1. The first kappa shape index (κ1) is 18.0. The van der Waals surface area contributed by atoms with Crippen LogP contribution >= 0.6 is 0 Å². The summed E-state index contributed by atoms with van der Waals surface area (Å²) in [7, 11) is 0. The largest absolute Gasteiger partial charge is 0.383 e. The molecule has 1 aromatic carbocycles. The zero-order chi connectivity index (χ0) is 19.8. The van der Waals surface area contributed by atoms with Crippen LogP contribution in [0.4, 0.5) is 5.82 Å². The molecule has 8 nitrogen and oxygen atoms in total. The van der Waals surface area contributed by atoms with Crippen molar-refractivity contribution in [3.05, 3.63) is 36.7 Å². The molecule has 8 heteroatoms. The Morgan fingerprint density at radius 3 is 2.79 bits per heavy atom. The van der Waals surface area contributed by atoms with Crippen molar-refractivity contribution in [1.82, 2.24) is 30.3 Å². The summed E-state index contributed by atoms with van der Waals surface area (Å²) in [6.45, 7) is 5.86. The number of hydrogen-bond donors (Lipinski definition) is 3. The third-order valence-corrected chi connectivity index (χ3v) is 4.68. The number of amides is 1. The molecule has 1 unspecified atom stereocenters. The van der Waals surface area contributed by atoms with Gasteiger partial charge in [-0.2, -0.15) is 10.2 Å². The summed E-state index contributed by atoms with van der Waals surface area (Å²) in [5, 5.41) is 16.4. The first-order valence-corrected chi connectivity index (χ1v) is 9.30. The molecule has 28 heavy (non-hydrogen) atoms. The molecule has 1 amide bonds. The minimum absolute atomic E-state index is 0.00153. The number of nitrogens with two attached hydrogens (primary N) is 1. The minimum Gasteiger partial charge on any atom is -0.383 e. The van der Waals surface area contributed by atoms with Gasteiger partial charge in [0.05, 0.1) is 22.6 Å². The second kappa shape index (κ2) is 6.95. The van der Waals surface area contributed by atoms with Crippen LogP contribution in [0.25, 0.3) is 33.1 Å². The van der Waals surface area contributed by atoms with Gasteiger partial charge in [0, 0.05) is 35.8 Å². The van der Waals surface area contributed by atoms with Crippen molar-refractivity contribution < 1.29 is 4.79 Å². The molecule has 0 aliphatic rings. The molecule has 4 N–H and O–H groups in total. The Morgan fingerprint density at radius 1 is 1.25 bits per heavy atom. The van der Waals surface area contributed by atoms with Crippen molar-refractivity contribution in [2.45, 2.75) is 39.3 Å². The second-order valence-electron chi connectivity index (χ2n) is 7.34. The fraction of sp³-hybridized carbons (Fsp3) is 0.300. The zero-order valence-electron chi connectivity index (χ0n) is 16.1. The van der Waals surface area contributed by atoms with E-state index in [1.807, 2.05) is 51.2 Å². The number of anilines is 1. The molecular formula is C20H23N7O. The minimum atomic E-state index is -0.0936. The molecule has 0 fully saturated rings. The Balaban J connectivity index is 1.73. The fourth-order valence-electron chi connectivity index (χ4n) is 3.34. The van der Waals surface area contributed by atoms with Gasteiger partial charge in [0.2, 0.25) is 5.91 Å². The lowest BCUT2D eigenvalue weighted by molar-refractivity contribution is -0.122. The average Bonchev–Trinajstić information content (AvgIpc) is 3.31. The van der Waals surface area contributed by atoms with E-state index < -0.39 is 0 Å². The molecule has 1 atom stereocenters. The van der Waals surface area contributed by atoms with Crippen molar-refractivity contribution in [2.75, 3.05) is 5.73 Å². The predicted octanol–water partition coefficient (Wildman–Crippen LogP) is 3.03. The number of rotatable bonds is 5. The lowest BCUT2D eigenvalue weighted by Crippen LogP contribution is -2.31. The molecule has 144 valence electrons. The smallest absolute Gasteiger partial charge is 0.222 e. The molecule has 4 rings (SSSR count). The first-order valence-electron chi connectivity index (χ1n) is 9.30. The van der Waals surface area contributed by atoms with Crippen LogP contribution in [-0.2, 0) is 4.79 Å². The number of nitrogens with one attached hydrogen (secondary N) is 2. The maximum Gasteiger partial charge on any atom is 0.222 e. The van der Waals surface area contributed by atoms with Crippen LogP contribution in [0.1, 0.15) is 33.2 Å². The van der Waals surface area contributed by atoms with Gasteiger partial charge in [-0.25, -0.2) is 4.98 Å². The number of pyridine rings is 1. The highest BCUT2D eigenvalue weighted by Gasteiger charge is 2.17. The van der Waals surface area contributed by atoms with Gasteiger partial charge >= 0.3 is 0 Å². The SMILES string of the molecule is CC(C)NC(=O)CC(C)n1cc2c(N)nc3cc(-c4cc[nH]n4)ccc3c2n1. The molecule has 0 aliphatic carbocycles. The molecular weight excluding hydrogens is 354 g/mol. The van der Waals surface area contributed by atoms with Crippen molar-refractivity contribution >= 4 is 33.5 Å². The van der Waals surface area contributed by atoms with Crippen LogP contribution in [0.2, 0.25) is 0 Å². The van der Waals surface area contributed by atoms with Crippen LogP contribution in [-0.4, -0.2) is 36.9 Å². The summed E-state index contributed by atoms with van der Waals surface area (Å²) in [5.74, 6) is 0.424. The summed E-state index contributed by atoms with van der Waals surface area (Å²) in [4.78, 5) is 16.6.